The van der Waals surface area contributed by atoms with Gasteiger partial charge in [0.2, 0.25) is 5.91 Å². The summed E-state index contributed by atoms with van der Waals surface area (Å²) >= 11 is 0. The van der Waals surface area contributed by atoms with Crippen LogP contribution in [0.1, 0.15) is 48.0 Å². The molecule has 0 saturated carbocycles. The highest BCUT2D eigenvalue weighted by Crippen LogP contribution is 2.36. The first-order chi connectivity index (χ1) is 10.2. The van der Waals surface area contributed by atoms with E-state index in [1.807, 2.05) is 0 Å². The third-order valence-electron chi connectivity index (χ3n) is 4.38. The number of amides is 2. The predicted molar refractivity (Wildman–Crippen MR) is 92.9 cm³/mol. The highest BCUT2D eigenvalue weighted by Gasteiger charge is 2.42. The fourth-order valence-corrected chi connectivity index (χ4v) is 3.00. The van der Waals surface area contributed by atoms with Crippen LogP contribution >= 0.6 is 0 Å². The van der Waals surface area contributed by atoms with Gasteiger partial charge in [-0.2, -0.15) is 0 Å². The lowest BCUT2D eigenvalue weighted by Gasteiger charge is -2.39. The van der Waals surface area contributed by atoms with Crippen molar-refractivity contribution in [3.63, 3.8) is 0 Å². The van der Waals surface area contributed by atoms with Crippen LogP contribution in [0.25, 0.3) is 0 Å². The molecular formula is C16H32N2O4Si. The van der Waals surface area contributed by atoms with Gasteiger partial charge in [-0.15, -0.1) is 0 Å². The molecule has 7 heteroatoms. The SMILES string of the molecule is CC(C)(C)OC(=O)N[C@@H]1C(=O)NC1CCO[Si](C)(C)C(C)(C)C. The lowest BCUT2D eigenvalue weighted by molar-refractivity contribution is -0.132. The molecule has 0 radical (unpaired) electrons. The third kappa shape index (κ3) is 5.80. The number of carbonyl (C=O) groups is 2. The molecule has 0 aliphatic carbocycles. The van der Waals surface area contributed by atoms with Crippen LogP contribution in [-0.2, 0) is 14.0 Å². The molecule has 0 bridgehead atoms. The quantitative estimate of drug-likeness (QED) is 0.594. The van der Waals surface area contributed by atoms with Crippen molar-refractivity contribution in [2.75, 3.05) is 6.61 Å². The van der Waals surface area contributed by atoms with Crippen LogP contribution in [0.5, 0.6) is 0 Å². The van der Waals surface area contributed by atoms with Gasteiger partial charge in [-0.3, -0.25) is 4.79 Å². The van der Waals surface area contributed by atoms with E-state index in [4.69, 9.17) is 9.16 Å². The largest absolute Gasteiger partial charge is 0.444 e. The van der Waals surface area contributed by atoms with E-state index in [1.54, 1.807) is 20.8 Å². The van der Waals surface area contributed by atoms with Gasteiger partial charge < -0.3 is 19.8 Å². The van der Waals surface area contributed by atoms with Crippen LogP contribution in [0.4, 0.5) is 4.79 Å². The second kappa shape index (κ2) is 6.81. The zero-order chi connectivity index (χ0) is 18.1. The van der Waals surface area contributed by atoms with Gasteiger partial charge in [-0.25, -0.2) is 4.79 Å². The van der Waals surface area contributed by atoms with E-state index >= 15 is 0 Å². The van der Waals surface area contributed by atoms with Crippen LogP contribution in [0.15, 0.2) is 0 Å². The minimum atomic E-state index is -1.79. The van der Waals surface area contributed by atoms with E-state index in [0.717, 1.165) is 0 Å². The molecule has 0 aromatic rings. The first-order valence-electron chi connectivity index (χ1n) is 8.17. The summed E-state index contributed by atoms with van der Waals surface area (Å²) in [7, 11) is -1.79. The van der Waals surface area contributed by atoms with Crippen LogP contribution < -0.4 is 10.6 Å². The molecule has 1 unspecified atom stereocenters. The number of rotatable bonds is 5. The van der Waals surface area contributed by atoms with Gasteiger partial charge in [0.05, 0.1) is 6.04 Å². The second-order valence-electron chi connectivity index (χ2n) is 8.64. The molecular weight excluding hydrogens is 312 g/mol. The third-order valence-corrected chi connectivity index (χ3v) is 8.92. The summed E-state index contributed by atoms with van der Waals surface area (Å²) in [6, 6.07) is -0.632. The Hall–Kier alpha value is -1.08. The first-order valence-corrected chi connectivity index (χ1v) is 11.1. The molecule has 1 aliphatic heterocycles. The standard InChI is InChI=1S/C16H32N2O4Si/c1-15(2,3)22-14(20)18-12-11(17-13(12)19)9-10-21-23(7,8)16(4,5)6/h11-12H,9-10H2,1-8H3,(H,17,19)(H,18,20)/t11?,12-/m0/s1. The number of hydrogen-bond acceptors (Lipinski definition) is 4. The van der Waals surface area contributed by atoms with Crippen molar-refractivity contribution >= 4 is 20.3 Å². The van der Waals surface area contributed by atoms with Gasteiger partial charge in [0, 0.05) is 6.61 Å². The van der Waals surface area contributed by atoms with Crippen LogP contribution in [0.2, 0.25) is 18.1 Å². The monoisotopic (exact) mass is 344 g/mol. The minimum absolute atomic E-state index is 0.0974. The molecule has 1 heterocycles. The lowest BCUT2D eigenvalue weighted by Crippen LogP contribution is -2.69. The Kier molecular flexibility index (Phi) is 5.91. The fourth-order valence-electron chi connectivity index (χ4n) is 1.94. The van der Waals surface area contributed by atoms with Crippen LogP contribution in [0.3, 0.4) is 0 Å². The molecule has 2 amide bonds. The molecule has 134 valence electrons. The highest BCUT2D eigenvalue weighted by atomic mass is 28.4. The Morgan fingerprint density at radius 2 is 1.78 bits per heavy atom. The second-order valence-corrected chi connectivity index (χ2v) is 13.4. The van der Waals surface area contributed by atoms with E-state index < -0.39 is 26.1 Å². The summed E-state index contributed by atoms with van der Waals surface area (Å²) in [5.74, 6) is -0.173. The molecule has 0 aromatic heterocycles. The molecule has 1 fully saturated rings. The zero-order valence-electron chi connectivity index (χ0n) is 15.7. The minimum Gasteiger partial charge on any atom is -0.444 e. The van der Waals surface area contributed by atoms with Gasteiger partial charge in [0.1, 0.15) is 11.6 Å². The molecule has 0 aromatic carbocycles. The van der Waals surface area contributed by atoms with Gasteiger partial charge >= 0.3 is 6.09 Å². The van der Waals surface area contributed by atoms with Crippen molar-refractivity contribution in [3.05, 3.63) is 0 Å². The number of alkyl carbamates (subject to hydrolysis) is 1. The van der Waals surface area contributed by atoms with Crippen molar-refractivity contribution < 1.29 is 18.8 Å². The lowest BCUT2D eigenvalue weighted by atomic mass is 9.96. The Balaban J connectivity index is 2.44. The maximum atomic E-state index is 11.8. The van der Waals surface area contributed by atoms with E-state index in [0.29, 0.717) is 13.0 Å². The maximum Gasteiger partial charge on any atom is 0.408 e. The van der Waals surface area contributed by atoms with Crippen LogP contribution in [0, 0.1) is 0 Å². The molecule has 6 nitrogen and oxygen atoms in total. The number of ether oxygens (including phenoxy) is 1. The van der Waals surface area contributed by atoms with Crippen molar-refractivity contribution in [1.82, 2.24) is 10.6 Å². The van der Waals surface area contributed by atoms with Crippen molar-refractivity contribution in [2.45, 2.75) is 83.8 Å². The van der Waals surface area contributed by atoms with E-state index in [1.165, 1.54) is 0 Å². The molecule has 23 heavy (non-hydrogen) atoms. The highest BCUT2D eigenvalue weighted by molar-refractivity contribution is 6.74. The number of β-lactam (4-membered cyclic amide) rings is 1. The number of carbonyl (C=O) groups excluding carboxylic acids is 2. The van der Waals surface area contributed by atoms with Gasteiger partial charge in [-0.1, -0.05) is 20.8 Å². The number of nitrogens with one attached hydrogen (secondary N) is 2. The fraction of sp³-hybridized carbons (Fsp3) is 0.875. The molecule has 1 rings (SSSR count). The van der Waals surface area contributed by atoms with Crippen molar-refractivity contribution in [2.24, 2.45) is 0 Å². The van der Waals surface area contributed by atoms with Gasteiger partial charge in [0.25, 0.3) is 0 Å². The first kappa shape index (κ1) is 20.0. The van der Waals surface area contributed by atoms with Gasteiger partial charge in [-0.05, 0) is 45.3 Å². The summed E-state index contributed by atoms with van der Waals surface area (Å²) in [5, 5.41) is 5.60. The zero-order valence-corrected chi connectivity index (χ0v) is 16.7. The van der Waals surface area contributed by atoms with Crippen LogP contribution in [-0.4, -0.2) is 44.6 Å². The van der Waals surface area contributed by atoms with Gasteiger partial charge in [0.15, 0.2) is 8.32 Å². The Bertz CT molecular complexity index is 452. The van der Waals surface area contributed by atoms with E-state index in [9.17, 15) is 9.59 Å². The molecule has 0 spiro atoms. The summed E-state index contributed by atoms with van der Waals surface area (Å²) in [6.07, 6.45) is 0.117. The average Bonchev–Trinajstić information content (AvgIpc) is 2.31. The smallest absolute Gasteiger partial charge is 0.408 e. The molecule has 2 N–H and O–H groups in total. The predicted octanol–water partition coefficient (Wildman–Crippen LogP) is 2.79. The van der Waals surface area contributed by atoms with E-state index in [-0.39, 0.29) is 17.0 Å². The summed E-state index contributed by atoms with van der Waals surface area (Å²) in [6.45, 7) is 16.9. The molecule has 1 saturated heterocycles. The normalized spacial score (nSPS) is 22.2. The summed E-state index contributed by atoms with van der Waals surface area (Å²) < 4.78 is 11.3. The topological polar surface area (TPSA) is 76.7 Å². The molecule has 1 aliphatic rings. The van der Waals surface area contributed by atoms with Crippen molar-refractivity contribution in [1.29, 1.82) is 0 Å². The maximum absolute atomic E-state index is 11.8. The average molecular weight is 345 g/mol. The Morgan fingerprint density at radius 1 is 1.22 bits per heavy atom. The number of hydrogen-bond donors (Lipinski definition) is 2. The summed E-state index contributed by atoms with van der Waals surface area (Å²) in [5.41, 5.74) is -0.578. The molecule has 2 atom stereocenters. The Labute approximate surface area is 140 Å². The Morgan fingerprint density at radius 3 is 2.22 bits per heavy atom. The summed E-state index contributed by atoms with van der Waals surface area (Å²) in [4.78, 5) is 23.4. The van der Waals surface area contributed by atoms with Crippen molar-refractivity contribution in [3.8, 4) is 0 Å². The van der Waals surface area contributed by atoms with E-state index in [2.05, 4.69) is 44.5 Å².